The topological polar surface area (TPSA) is 0 Å². The Balaban J connectivity index is 2.26. The molecule has 3 rings (SSSR count). The van der Waals surface area contributed by atoms with Gasteiger partial charge in [0.1, 0.15) is 7.85 Å². The van der Waals surface area contributed by atoms with Crippen LogP contribution in [0.5, 0.6) is 0 Å². The highest BCUT2D eigenvalue weighted by molar-refractivity contribution is 6.32. The molecule has 0 aliphatic carbocycles. The number of hydrogen-bond acceptors (Lipinski definition) is 0. The van der Waals surface area contributed by atoms with Crippen molar-refractivity contribution >= 4 is 24.5 Å². The van der Waals surface area contributed by atoms with Gasteiger partial charge in [0, 0.05) is 0 Å². The molecule has 0 N–H and O–H groups in total. The molecule has 0 fully saturated rings. The van der Waals surface area contributed by atoms with Gasteiger partial charge in [0.05, 0.1) is 0 Å². The number of rotatable bonds is 4. The third-order valence-corrected chi connectivity index (χ3v) is 4.46. The lowest BCUT2D eigenvalue weighted by molar-refractivity contribution is 1.24. The Hall–Kier alpha value is -2.54. The molecule has 0 aliphatic rings. The molecular weight excluding hydrogens is 287 g/mol. The summed E-state index contributed by atoms with van der Waals surface area (Å²) in [6, 6.07) is 28.5. The van der Waals surface area contributed by atoms with Gasteiger partial charge < -0.3 is 0 Å². The van der Waals surface area contributed by atoms with Crippen molar-refractivity contribution in [2.45, 2.75) is 20.3 Å². The van der Waals surface area contributed by atoms with E-state index in [2.05, 4.69) is 101 Å². The van der Waals surface area contributed by atoms with E-state index >= 15 is 0 Å². The van der Waals surface area contributed by atoms with E-state index in [1.54, 1.807) is 0 Å². The molecule has 0 saturated carbocycles. The predicted octanol–water partition coefficient (Wildman–Crippen LogP) is 4.62. The summed E-state index contributed by atoms with van der Waals surface area (Å²) in [7, 11) is 2.14. The summed E-state index contributed by atoms with van der Waals surface area (Å²) in [6.07, 6.45) is 1.00. The van der Waals surface area contributed by atoms with Crippen molar-refractivity contribution in [3.8, 4) is 0 Å². The van der Waals surface area contributed by atoms with Gasteiger partial charge in [-0.15, -0.1) is 0 Å². The highest BCUT2D eigenvalue weighted by atomic mass is 14.2. The zero-order valence-electron chi connectivity index (χ0n) is 14.7. The highest BCUT2D eigenvalue weighted by Gasteiger charge is 2.12. The molecule has 0 amide bonds. The lowest BCUT2D eigenvalue weighted by Crippen LogP contribution is -2.02. The molecule has 0 heterocycles. The molecule has 0 aromatic heterocycles. The minimum atomic E-state index is 1.00. The number of allylic oxidation sites excluding steroid dienone is 1. The van der Waals surface area contributed by atoms with Crippen molar-refractivity contribution in [2.24, 2.45) is 0 Å². The smallest absolute Gasteiger partial charge is 0.0889 e. The Morgan fingerprint density at radius 2 is 1.25 bits per heavy atom. The Morgan fingerprint density at radius 3 is 1.79 bits per heavy atom. The van der Waals surface area contributed by atoms with E-state index in [4.69, 9.17) is 0 Å². The molecule has 1 heteroatoms. The van der Waals surface area contributed by atoms with Gasteiger partial charge in [0.2, 0.25) is 0 Å². The van der Waals surface area contributed by atoms with Crippen molar-refractivity contribution in [3.05, 3.63) is 101 Å². The second-order valence-corrected chi connectivity index (χ2v) is 6.31. The molecule has 0 saturated heterocycles. The van der Waals surface area contributed by atoms with Crippen LogP contribution < -0.4 is 5.46 Å². The maximum absolute atomic E-state index is 2.24. The molecule has 3 aromatic carbocycles. The lowest BCUT2D eigenvalue weighted by atomic mass is 9.86. The first-order valence-corrected chi connectivity index (χ1v) is 8.61. The summed E-state index contributed by atoms with van der Waals surface area (Å²) in [5.41, 5.74) is 9.18. The molecule has 0 radical (unpaired) electrons. The Morgan fingerprint density at radius 1 is 0.708 bits per heavy atom. The van der Waals surface area contributed by atoms with Gasteiger partial charge in [-0.1, -0.05) is 96.8 Å². The summed E-state index contributed by atoms with van der Waals surface area (Å²) in [4.78, 5) is 0. The highest BCUT2D eigenvalue weighted by Crippen LogP contribution is 2.34. The quantitative estimate of drug-likeness (QED) is 0.487. The fourth-order valence-corrected chi connectivity index (χ4v) is 3.12. The fraction of sp³-hybridized carbons (Fsp3) is 0.130. The Labute approximate surface area is 146 Å². The molecular formula is C23H23B. The van der Waals surface area contributed by atoms with Gasteiger partial charge in [-0.25, -0.2) is 0 Å². The Bertz CT molecular complexity index is 778. The van der Waals surface area contributed by atoms with E-state index in [0.29, 0.717) is 0 Å². The van der Waals surface area contributed by atoms with E-state index in [1.807, 2.05) is 0 Å². The fourth-order valence-electron chi connectivity index (χ4n) is 3.12. The average molecular weight is 310 g/mol. The predicted molar refractivity (Wildman–Crippen MR) is 108 cm³/mol. The van der Waals surface area contributed by atoms with E-state index in [-0.39, 0.29) is 0 Å². The van der Waals surface area contributed by atoms with Gasteiger partial charge >= 0.3 is 0 Å². The van der Waals surface area contributed by atoms with Crippen LogP contribution in [0.2, 0.25) is 0 Å². The second-order valence-electron chi connectivity index (χ2n) is 6.31. The number of hydrogen-bond donors (Lipinski definition) is 0. The van der Waals surface area contributed by atoms with Gasteiger partial charge in [-0.2, -0.15) is 0 Å². The number of aryl methyl sites for hydroxylation is 1. The molecule has 0 bridgehead atoms. The lowest BCUT2D eigenvalue weighted by Gasteiger charge is -2.16. The van der Waals surface area contributed by atoms with Crippen molar-refractivity contribution in [1.82, 2.24) is 0 Å². The van der Waals surface area contributed by atoms with Crippen LogP contribution in [0.3, 0.4) is 0 Å². The molecule has 24 heavy (non-hydrogen) atoms. The van der Waals surface area contributed by atoms with Gasteiger partial charge in [0.25, 0.3) is 0 Å². The maximum atomic E-state index is 2.24. The van der Waals surface area contributed by atoms with E-state index in [0.717, 1.165) is 6.42 Å². The summed E-state index contributed by atoms with van der Waals surface area (Å²) < 4.78 is 0. The third-order valence-electron chi connectivity index (χ3n) is 4.46. The van der Waals surface area contributed by atoms with Crippen molar-refractivity contribution in [1.29, 1.82) is 0 Å². The van der Waals surface area contributed by atoms with Gasteiger partial charge in [0.15, 0.2) is 0 Å². The SMILES string of the molecule is Bc1ccc(/C(=C(\CC)c2ccccc2)c2ccc(C)cc2)cc1. The normalized spacial score (nSPS) is 11.9. The van der Waals surface area contributed by atoms with Crippen LogP contribution in [0.1, 0.15) is 35.6 Å². The second kappa shape index (κ2) is 7.36. The zero-order chi connectivity index (χ0) is 16.9. The molecule has 0 spiro atoms. The maximum Gasteiger partial charge on any atom is 0.139 e. The van der Waals surface area contributed by atoms with Crippen LogP contribution in [-0.4, -0.2) is 7.85 Å². The third kappa shape index (κ3) is 3.51. The molecule has 118 valence electrons. The first-order valence-electron chi connectivity index (χ1n) is 8.61. The minimum Gasteiger partial charge on any atom is -0.0889 e. The zero-order valence-corrected chi connectivity index (χ0v) is 14.7. The van der Waals surface area contributed by atoms with Crippen molar-refractivity contribution in [3.63, 3.8) is 0 Å². The summed E-state index contributed by atoms with van der Waals surface area (Å²) in [6.45, 7) is 4.38. The van der Waals surface area contributed by atoms with Crippen LogP contribution in [0.25, 0.3) is 11.1 Å². The van der Waals surface area contributed by atoms with Crippen LogP contribution in [0, 0.1) is 6.92 Å². The van der Waals surface area contributed by atoms with Crippen LogP contribution in [0.4, 0.5) is 0 Å². The minimum absolute atomic E-state index is 1.00. The van der Waals surface area contributed by atoms with Crippen molar-refractivity contribution in [2.75, 3.05) is 0 Å². The average Bonchev–Trinajstić information content (AvgIpc) is 2.62. The Kier molecular flexibility index (Phi) is 5.00. The monoisotopic (exact) mass is 310 g/mol. The van der Waals surface area contributed by atoms with E-state index in [1.165, 1.54) is 38.9 Å². The van der Waals surface area contributed by atoms with Crippen LogP contribution in [-0.2, 0) is 0 Å². The molecule has 0 nitrogen and oxygen atoms in total. The van der Waals surface area contributed by atoms with E-state index < -0.39 is 0 Å². The van der Waals surface area contributed by atoms with Crippen LogP contribution in [0.15, 0.2) is 78.9 Å². The molecule has 0 aliphatic heterocycles. The number of benzene rings is 3. The molecule has 0 atom stereocenters. The standard InChI is InChI=1S/C23H23B/c1-3-22(18-7-5-4-6-8-18)23(19-11-9-17(2)10-12-19)20-13-15-21(24)16-14-20/h4-16H,3,24H2,1-2H3/b23-22+. The van der Waals surface area contributed by atoms with Gasteiger partial charge in [-0.05, 0) is 41.2 Å². The van der Waals surface area contributed by atoms with Crippen molar-refractivity contribution < 1.29 is 0 Å². The molecule has 0 unspecified atom stereocenters. The first kappa shape index (κ1) is 16.3. The first-order chi connectivity index (χ1) is 11.7. The van der Waals surface area contributed by atoms with Crippen LogP contribution >= 0.6 is 0 Å². The summed E-state index contributed by atoms with van der Waals surface area (Å²) in [5, 5.41) is 0. The van der Waals surface area contributed by atoms with E-state index in [9.17, 15) is 0 Å². The summed E-state index contributed by atoms with van der Waals surface area (Å²) in [5.74, 6) is 0. The summed E-state index contributed by atoms with van der Waals surface area (Å²) >= 11 is 0. The largest absolute Gasteiger partial charge is 0.139 e. The van der Waals surface area contributed by atoms with Gasteiger partial charge in [-0.3, -0.25) is 0 Å². The molecule has 3 aromatic rings.